The largest absolute Gasteiger partial charge is 2.00 e. The predicted octanol–water partition coefficient (Wildman–Crippen LogP) is -0.930. The van der Waals surface area contributed by atoms with Gasteiger partial charge in [0, 0.05) is 11.9 Å². The molecule has 0 N–H and O–H groups in total. The molecule has 5 heteroatoms. The minimum Gasteiger partial charge on any atom is -0.550 e. The molecule has 0 amide bonds. The number of aliphatic carboxylic acids is 2. The molecule has 0 heterocycles. The number of carbonyl (C=O) groups excluding carboxylic acids is 2. The zero-order chi connectivity index (χ0) is 9.98. The van der Waals surface area contributed by atoms with E-state index in [1.54, 1.807) is 13.8 Å². The summed E-state index contributed by atoms with van der Waals surface area (Å²) in [6.45, 7) is 3.60. The average molecular weight is 270 g/mol. The van der Waals surface area contributed by atoms with Gasteiger partial charge in [0.25, 0.3) is 0 Å². The zero-order valence-corrected chi connectivity index (χ0v) is 9.88. The summed E-state index contributed by atoms with van der Waals surface area (Å²) < 4.78 is 0. The Bertz CT molecular complexity index is 120. The molecule has 0 aliphatic rings. The number of rotatable bonds is 4. The molecule has 0 rings (SSSR count). The standard InChI is InChI=1S/2C4H8O2.Mo/c2*1-2-3-4(5)6;/h2*2-3H2,1H3,(H,5,6);/q;;+2/p-2. The second-order valence-corrected chi connectivity index (χ2v) is 2.24. The maximum Gasteiger partial charge on any atom is 2.00 e. The first-order chi connectivity index (χ1) is 5.54. The number of hydrogen-bond acceptors (Lipinski definition) is 4. The smallest absolute Gasteiger partial charge is 0.550 e. The third-order valence-corrected chi connectivity index (χ3v) is 0.908. The molecule has 0 saturated carbocycles. The summed E-state index contributed by atoms with van der Waals surface area (Å²) in [4.78, 5) is 19.0. The maximum absolute atomic E-state index is 9.49. The van der Waals surface area contributed by atoms with Crippen molar-refractivity contribution in [2.45, 2.75) is 39.5 Å². The second-order valence-electron chi connectivity index (χ2n) is 2.24. The Kier molecular flexibility index (Phi) is 20.1. The molecular formula is C8H14MoO4. The van der Waals surface area contributed by atoms with E-state index in [4.69, 9.17) is 0 Å². The van der Waals surface area contributed by atoms with Crippen molar-refractivity contribution < 1.29 is 40.9 Å². The monoisotopic (exact) mass is 272 g/mol. The number of carbonyl (C=O) groups is 2. The van der Waals surface area contributed by atoms with Crippen LogP contribution in [0.25, 0.3) is 0 Å². The molecule has 0 saturated heterocycles. The van der Waals surface area contributed by atoms with Crippen molar-refractivity contribution in [3.63, 3.8) is 0 Å². The van der Waals surface area contributed by atoms with Crippen LogP contribution in [0.1, 0.15) is 39.5 Å². The van der Waals surface area contributed by atoms with Crippen LogP contribution in [0.15, 0.2) is 0 Å². The topological polar surface area (TPSA) is 80.3 Å². The molecular weight excluding hydrogens is 256 g/mol. The van der Waals surface area contributed by atoms with Gasteiger partial charge in [0.2, 0.25) is 0 Å². The Labute approximate surface area is 92.6 Å². The Hall–Kier alpha value is -0.372. The molecule has 0 unspecified atom stereocenters. The van der Waals surface area contributed by atoms with Crippen molar-refractivity contribution in [2.24, 2.45) is 0 Å². The van der Waals surface area contributed by atoms with Gasteiger partial charge in [-0.2, -0.15) is 0 Å². The van der Waals surface area contributed by atoms with Crippen LogP contribution in [-0.4, -0.2) is 11.9 Å². The molecule has 0 bridgehead atoms. The van der Waals surface area contributed by atoms with E-state index >= 15 is 0 Å². The molecule has 0 aliphatic heterocycles. The van der Waals surface area contributed by atoms with Crippen molar-refractivity contribution in [1.29, 1.82) is 0 Å². The van der Waals surface area contributed by atoms with Crippen LogP contribution < -0.4 is 10.2 Å². The third kappa shape index (κ3) is 34.0. The minimum atomic E-state index is -0.961. The molecule has 76 valence electrons. The van der Waals surface area contributed by atoms with Crippen LogP contribution >= 0.6 is 0 Å². The predicted molar refractivity (Wildman–Crippen MR) is 39.8 cm³/mol. The molecule has 13 heavy (non-hydrogen) atoms. The average Bonchev–Trinajstić information content (AvgIpc) is 1.87. The second kappa shape index (κ2) is 14.2. The molecule has 0 radical (unpaired) electrons. The summed E-state index contributed by atoms with van der Waals surface area (Å²) in [7, 11) is 0. The Morgan fingerprint density at radius 2 is 1.15 bits per heavy atom. The Balaban J connectivity index is -0.000000143. The summed E-state index contributed by atoms with van der Waals surface area (Å²) in [6.07, 6.45) is 1.70. The van der Waals surface area contributed by atoms with E-state index in [9.17, 15) is 19.8 Å². The van der Waals surface area contributed by atoms with Crippen molar-refractivity contribution in [3.8, 4) is 0 Å². The molecule has 0 aromatic heterocycles. The molecule has 0 aromatic rings. The fraction of sp³-hybridized carbons (Fsp3) is 0.750. The molecule has 0 fully saturated rings. The molecule has 0 aromatic carbocycles. The minimum absolute atomic E-state index is 0. The molecule has 0 aliphatic carbocycles. The van der Waals surface area contributed by atoms with Crippen LogP contribution in [0.5, 0.6) is 0 Å². The van der Waals surface area contributed by atoms with Crippen molar-refractivity contribution in [2.75, 3.05) is 0 Å². The van der Waals surface area contributed by atoms with Crippen LogP contribution in [0.2, 0.25) is 0 Å². The van der Waals surface area contributed by atoms with E-state index in [0.717, 1.165) is 0 Å². The van der Waals surface area contributed by atoms with Crippen molar-refractivity contribution in [1.82, 2.24) is 0 Å². The fourth-order valence-electron chi connectivity index (χ4n) is 0.408. The first-order valence-electron chi connectivity index (χ1n) is 3.94. The third-order valence-electron chi connectivity index (χ3n) is 0.908. The Morgan fingerprint density at radius 3 is 1.15 bits per heavy atom. The van der Waals surface area contributed by atoms with Gasteiger partial charge < -0.3 is 19.8 Å². The molecule has 4 nitrogen and oxygen atoms in total. The van der Waals surface area contributed by atoms with Crippen molar-refractivity contribution >= 4 is 11.9 Å². The van der Waals surface area contributed by atoms with Crippen LogP contribution in [0.4, 0.5) is 0 Å². The summed E-state index contributed by atoms with van der Waals surface area (Å²) in [5, 5.41) is 19.0. The van der Waals surface area contributed by atoms with Gasteiger partial charge in [0.1, 0.15) is 0 Å². The molecule has 0 atom stereocenters. The fourth-order valence-corrected chi connectivity index (χ4v) is 0.408. The van der Waals surface area contributed by atoms with E-state index in [2.05, 4.69) is 0 Å². The van der Waals surface area contributed by atoms with E-state index < -0.39 is 11.9 Å². The summed E-state index contributed by atoms with van der Waals surface area (Å²) in [6, 6.07) is 0. The zero-order valence-electron chi connectivity index (χ0n) is 7.87. The number of carboxylic acids is 2. The van der Waals surface area contributed by atoms with Crippen molar-refractivity contribution in [3.05, 3.63) is 0 Å². The first kappa shape index (κ1) is 18.4. The van der Waals surface area contributed by atoms with Gasteiger partial charge in [0.15, 0.2) is 0 Å². The van der Waals surface area contributed by atoms with E-state index in [1.807, 2.05) is 0 Å². The Morgan fingerprint density at radius 1 is 0.923 bits per heavy atom. The quantitative estimate of drug-likeness (QED) is 0.618. The van der Waals surface area contributed by atoms with Crippen LogP contribution in [-0.2, 0) is 30.7 Å². The van der Waals surface area contributed by atoms with Gasteiger partial charge in [-0.3, -0.25) is 0 Å². The van der Waals surface area contributed by atoms with E-state index in [-0.39, 0.29) is 33.9 Å². The number of carboxylic acid groups (broad SMARTS) is 2. The first-order valence-corrected chi connectivity index (χ1v) is 3.94. The molecule has 0 spiro atoms. The summed E-state index contributed by atoms with van der Waals surface area (Å²) in [5.74, 6) is -1.92. The van der Waals surface area contributed by atoms with E-state index in [0.29, 0.717) is 12.8 Å². The number of hydrogen-bond donors (Lipinski definition) is 0. The van der Waals surface area contributed by atoms with Gasteiger partial charge >= 0.3 is 21.1 Å². The van der Waals surface area contributed by atoms with Crippen LogP contribution in [0, 0.1) is 0 Å². The maximum atomic E-state index is 9.49. The van der Waals surface area contributed by atoms with Gasteiger partial charge in [-0.25, -0.2) is 0 Å². The summed E-state index contributed by atoms with van der Waals surface area (Å²) in [5.41, 5.74) is 0. The normalized spacial score (nSPS) is 7.54. The van der Waals surface area contributed by atoms with Gasteiger partial charge in [0.05, 0.1) is 0 Å². The van der Waals surface area contributed by atoms with Crippen LogP contribution in [0.3, 0.4) is 0 Å². The van der Waals surface area contributed by atoms with Gasteiger partial charge in [-0.15, -0.1) is 0 Å². The van der Waals surface area contributed by atoms with Gasteiger partial charge in [-0.05, 0) is 12.8 Å². The van der Waals surface area contributed by atoms with E-state index in [1.165, 1.54) is 0 Å². The van der Waals surface area contributed by atoms with Gasteiger partial charge in [-0.1, -0.05) is 26.7 Å². The summed E-state index contributed by atoms with van der Waals surface area (Å²) >= 11 is 0. The SMILES string of the molecule is CCCC(=O)[O-].CCCC(=O)[O-].[Mo+2].